The third-order valence-electron chi connectivity index (χ3n) is 6.08. The highest BCUT2D eigenvalue weighted by Crippen LogP contribution is 2.30. The minimum absolute atomic E-state index is 0.0263. The average molecular weight is 409 g/mol. The minimum Gasteiger partial charge on any atom is -0.497 e. The first-order chi connectivity index (χ1) is 14.4. The predicted molar refractivity (Wildman–Crippen MR) is 118 cm³/mol. The topological polar surface area (TPSA) is 58.6 Å². The van der Waals surface area contributed by atoms with Crippen molar-refractivity contribution in [2.24, 2.45) is 5.41 Å². The Labute approximate surface area is 179 Å². The normalized spacial score (nSPS) is 18.7. The molecule has 1 N–H and O–H groups in total. The first-order valence-corrected chi connectivity index (χ1v) is 10.6. The van der Waals surface area contributed by atoms with E-state index in [-0.39, 0.29) is 11.8 Å². The lowest BCUT2D eigenvalue weighted by Crippen LogP contribution is -2.51. The average Bonchev–Trinajstić information content (AvgIpc) is 2.77. The van der Waals surface area contributed by atoms with Crippen molar-refractivity contribution < 1.29 is 14.3 Å². The second kappa shape index (κ2) is 9.79. The summed E-state index contributed by atoms with van der Waals surface area (Å²) in [5.74, 6) is 0.954. The van der Waals surface area contributed by atoms with Crippen LogP contribution in [0.1, 0.15) is 42.9 Å². The first kappa shape index (κ1) is 21.9. The Hall–Kier alpha value is -2.82. The lowest BCUT2D eigenvalue weighted by molar-refractivity contribution is -0.140. The monoisotopic (exact) mass is 408 g/mol. The van der Waals surface area contributed by atoms with Crippen LogP contribution in [0, 0.1) is 12.3 Å². The van der Waals surface area contributed by atoms with Crippen LogP contribution in [0.15, 0.2) is 48.5 Å². The molecular weight excluding hydrogens is 376 g/mol. The van der Waals surface area contributed by atoms with Gasteiger partial charge in [0.1, 0.15) is 5.75 Å². The highest BCUT2D eigenvalue weighted by Gasteiger charge is 2.39. The van der Waals surface area contributed by atoms with E-state index in [2.05, 4.69) is 5.32 Å². The number of ether oxygens (including phenoxy) is 1. The summed E-state index contributed by atoms with van der Waals surface area (Å²) in [6.45, 7) is 5.75. The summed E-state index contributed by atoms with van der Waals surface area (Å²) in [6.07, 6.45) is 2.79. The number of hydrogen-bond donors (Lipinski definition) is 1. The van der Waals surface area contributed by atoms with Crippen molar-refractivity contribution in [3.8, 4) is 5.75 Å². The summed E-state index contributed by atoms with van der Waals surface area (Å²) in [4.78, 5) is 27.6. The Bertz CT molecular complexity index is 878. The molecule has 1 unspecified atom stereocenters. The summed E-state index contributed by atoms with van der Waals surface area (Å²) in [5.41, 5.74) is 2.86. The van der Waals surface area contributed by atoms with E-state index in [9.17, 15) is 9.59 Å². The van der Waals surface area contributed by atoms with E-state index >= 15 is 0 Å². The van der Waals surface area contributed by atoms with Crippen LogP contribution in [0.25, 0.3) is 0 Å². The van der Waals surface area contributed by atoms with E-state index in [0.717, 1.165) is 36.3 Å². The number of amides is 2. The quantitative estimate of drug-likeness (QED) is 0.756. The fourth-order valence-corrected chi connectivity index (χ4v) is 4.04. The zero-order valence-corrected chi connectivity index (χ0v) is 18.2. The van der Waals surface area contributed by atoms with Crippen LogP contribution in [0.5, 0.6) is 5.75 Å². The second-order valence-corrected chi connectivity index (χ2v) is 8.44. The van der Waals surface area contributed by atoms with Gasteiger partial charge in [-0.15, -0.1) is 0 Å². The van der Waals surface area contributed by atoms with E-state index in [4.69, 9.17) is 4.74 Å². The Morgan fingerprint density at radius 2 is 1.87 bits per heavy atom. The summed E-state index contributed by atoms with van der Waals surface area (Å²) in [6, 6.07) is 15.9. The van der Waals surface area contributed by atoms with Crippen LogP contribution in [-0.2, 0) is 22.6 Å². The van der Waals surface area contributed by atoms with Gasteiger partial charge in [0.25, 0.3) is 0 Å². The van der Waals surface area contributed by atoms with Crippen molar-refractivity contribution in [2.45, 2.75) is 46.1 Å². The molecule has 1 saturated heterocycles. The molecular formula is C25H32N2O3. The van der Waals surface area contributed by atoms with Crippen LogP contribution >= 0.6 is 0 Å². The fourth-order valence-electron chi connectivity index (χ4n) is 4.04. The zero-order valence-electron chi connectivity index (χ0n) is 18.2. The molecule has 0 radical (unpaired) electrons. The number of aryl methyl sites for hydroxylation is 2. The maximum atomic E-state index is 13.0. The van der Waals surface area contributed by atoms with Gasteiger partial charge >= 0.3 is 0 Å². The largest absolute Gasteiger partial charge is 0.497 e. The maximum absolute atomic E-state index is 13.0. The molecule has 0 aromatic heterocycles. The van der Waals surface area contributed by atoms with Crippen LogP contribution in [0.3, 0.4) is 0 Å². The molecule has 1 fully saturated rings. The Morgan fingerprint density at radius 3 is 2.57 bits per heavy atom. The van der Waals surface area contributed by atoms with Crippen molar-refractivity contribution in [2.75, 3.05) is 20.2 Å². The molecule has 0 aliphatic carbocycles. The van der Waals surface area contributed by atoms with Gasteiger partial charge in [-0.05, 0) is 61.9 Å². The van der Waals surface area contributed by atoms with Gasteiger partial charge in [0.05, 0.1) is 12.5 Å². The molecule has 0 spiro atoms. The Balaban J connectivity index is 1.54. The van der Waals surface area contributed by atoms with Crippen molar-refractivity contribution in [3.05, 3.63) is 65.2 Å². The molecule has 3 rings (SSSR count). The molecule has 1 atom stereocenters. The van der Waals surface area contributed by atoms with Gasteiger partial charge in [0.2, 0.25) is 11.8 Å². The van der Waals surface area contributed by atoms with Crippen molar-refractivity contribution in [3.63, 3.8) is 0 Å². The molecule has 5 nitrogen and oxygen atoms in total. The van der Waals surface area contributed by atoms with Crippen molar-refractivity contribution >= 4 is 11.8 Å². The van der Waals surface area contributed by atoms with Crippen molar-refractivity contribution in [1.82, 2.24) is 10.2 Å². The first-order valence-electron chi connectivity index (χ1n) is 10.6. The number of carbonyl (C=O) groups is 2. The third kappa shape index (κ3) is 5.41. The molecule has 1 aliphatic heterocycles. The van der Waals surface area contributed by atoms with Crippen LogP contribution in [-0.4, -0.2) is 36.9 Å². The number of methoxy groups -OCH3 is 1. The molecule has 5 heteroatoms. The Kier molecular flexibility index (Phi) is 7.14. The number of likely N-dealkylation sites (tertiary alicyclic amines) is 1. The number of nitrogens with one attached hydrogen (secondary N) is 1. The number of rotatable bonds is 7. The molecule has 160 valence electrons. The number of hydrogen-bond acceptors (Lipinski definition) is 3. The van der Waals surface area contributed by atoms with Crippen LogP contribution in [0.2, 0.25) is 0 Å². The lowest BCUT2D eigenvalue weighted by Gasteiger charge is -2.39. The molecule has 2 amide bonds. The molecule has 1 aliphatic rings. The van der Waals surface area contributed by atoms with Gasteiger partial charge in [0, 0.05) is 26.1 Å². The molecule has 2 aromatic carbocycles. The van der Waals surface area contributed by atoms with Gasteiger partial charge in [-0.1, -0.05) is 36.4 Å². The fraction of sp³-hybridized carbons (Fsp3) is 0.440. The van der Waals surface area contributed by atoms with E-state index in [1.807, 2.05) is 67.3 Å². The minimum atomic E-state index is -0.545. The van der Waals surface area contributed by atoms with Gasteiger partial charge in [-0.3, -0.25) is 9.59 Å². The SMILES string of the molecule is COc1ccc(CCC(=O)N2CCCC(C)(C(=O)NCc3ccccc3C)C2)cc1. The molecule has 30 heavy (non-hydrogen) atoms. The van der Waals surface area contributed by atoms with Crippen molar-refractivity contribution in [1.29, 1.82) is 0 Å². The van der Waals surface area contributed by atoms with Gasteiger partial charge in [-0.25, -0.2) is 0 Å². The summed E-state index contributed by atoms with van der Waals surface area (Å²) in [5, 5.41) is 3.09. The smallest absolute Gasteiger partial charge is 0.227 e. The summed E-state index contributed by atoms with van der Waals surface area (Å²) in [7, 11) is 1.64. The third-order valence-corrected chi connectivity index (χ3v) is 6.08. The van der Waals surface area contributed by atoms with Gasteiger partial charge in [0.15, 0.2) is 0 Å². The lowest BCUT2D eigenvalue weighted by atomic mass is 9.80. The van der Waals surface area contributed by atoms with E-state index in [1.165, 1.54) is 5.56 Å². The number of piperidine rings is 1. The predicted octanol–water partition coefficient (Wildman–Crippen LogP) is 3.88. The molecule has 2 aromatic rings. The summed E-state index contributed by atoms with van der Waals surface area (Å²) >= 11 is 0. The second-order valence-electron chi connectivity index (χ2n) is 8.44. The molecule has 1 heterocycles. The standard InChI is InChI=1S/C25H32N2O3/c1-19-7-4-5-8-21(19)17-26-24(29)25(2)15-6-16-27(18-25)23(28)14-11-20-9-12-22(30-3)13-10-20/h4-5,7-10,12-13H,6,11,14-18H2,1-3H3,(H,26,29). The number of nitrogens with zero attached hydrogens (tertiary/aromatic N) is 1. The number of carbonyl (C=O) groups excluding carboxylic acids is 2. The van der Waals surface area contributed by atoms with Gasteiger partial charge in [-0.2, -0.15) is 0 Å². The van der Waals surface area contributed by atoms with E-state index in [0.29, 0.717) is 25.9 Å². The van der Waals surface area contributed by atoms with Crippen LogP contribution in [0.4, 0.5) is 0 Å². The van der Waals surface area contributed by atoms with E-state index in [1.54, 1.807) is 7.11 Å². The number of benzene rings is 2. The molecule has 0 bridgehead atoms. The molecule has 0 saturated carbocycles. The van der Waals surface area contributed by atoms with E-state index < -0.39 is 5.41 Å². The highest BCUT2D eigenvalue weighted by atomic mass is 16.5. The zero-order chi connectivity index (χ0) is 21.6. The van der Waals surface area contributed by atoms with Gasteiger partial charge < -0.3 is 15.0 Å². The maximum Gasteiger partial charge on any atom is 0.227 e. The van der Waals surface area contributed by atoms with Crippen LogP contribution < -0.4 is 10.1 Å². The summed E-state index contributed by atoms with van der Waals surface area (Å²) < 4.78 is 5.18. The Morgan fingerprint density at radius 1 is 1.13 bits per heavy atom. The highest BCUT2D eigenvalue weighted by molar-refractivity contribution is 5.84.